The Morgan fingerprint density at radius 2 is 1.40 bits per heavy atom. The summed E-state index contributed by atoms with van der Waals surface area (Å²) in [5.74, 6) is 0. The maximum atomic E-state index is 4.90. The van der Waals surface area contributed by atoms with Gasteiger partial charge in [-0.25, -0.2) is 4.98 Å². The van der Waals surface area contributed by atoms with Crippen molar-refractivity contribution < 1.29 is 0 Å². The zero-order valence-corrected chi connectivity index (χ0v) is 24.4. The van der Waals surface area contributed by atoms with Crippen LogP contribution in [0.5, 0.6) is 0 Å². The minimum atomic E-state index is -0.0871. The molecule has 0 bridgehead atoms. The van der Waals surface area contributed by atoms with Crippen molar-refractivity contribution in [1.82, 2.24) is 4.98 Å². The van der Waals surface area contributed by atoms with Crippen molar-refractivity contribution in [3.05, 3.63) is 145 Å². The van der Waals surface area contributed by atoms with Gasteiger partial charge < -0.3 is 10.2 Å². The first-order valence-corrected chi connectivity index (χ1v) is 15.5. The summed E-state index contributed by atoms with van der Waals surface area (Å²) >= 11 is 1.79. The average Bonchev–Trinajstić information content (AvgIpc) is 3.63. The molecule has 3 heterocycles. The fraction of sp³-hybridized carbons (Fsp3) is 0.0513. The van der Waals surface area contributed by atoms with Crippen molar-refractivity contribution in [2.24, 2.45) is 0 Å². The van der Waals surface area contributed by atoms with E-state index in [0.717, 1.165) is 16.2 Å². The van der Waals surface area contributed by atoms with E-state index in [9.17, 15) is 0 Å². The SMILES string of the molecule is Cc1ccc2c(n1)sc1c(C3Nc4c(ccc5c4ccc4ccccc45)N3c3cccc(-c4ccccc4)c3)cccc12. The van der Waals surface area contributed by atoms with E-state index in [0.29, 0.717) is 0 Å². The van der Waals surface area contributed by atoms with Crippen molar-refractivity contribution in [2.75, 3.05) is 10.2 Å². The number of rotatable bonds is 3. The number of thiophene rings is 1. The molecular formula is C39H27N3S. The summed E-state index contributed by atoms with van der Waals surface area (Å²) in [5.41, 5.74) is 8.24. The molecule has 0 radical (unpaired) electrons. The predicted octanol–water partition coefficient (Wildman–Crippen LogP) is 11.0. The standard InChI is InChI=1S/C39H27N3S/c1-24-17-19-33-32-15-8-16-34(37(32)43-39(33)40-24)38-41-36-31-20-18-26-11-5-6-14-29(26)30(31)21-22-35(36)42(38)28-13-7-12-27(23-28)25-9-3-2-4-10-25/h2-23,38,41H,1H3. The molecule has 204 valence electrons. The molecule has 0 saturated carbocycles. The number of pyridine rings is 1. The van der Waals surface area contributed by atoms with Gasteiger partial charge in [-0.15, -0.1) is 11.3 Å². The molecule has 4 heteroatoms. The third-order valence-corrected chi connectivity index (χ3v) is 9.93. The number of fused-ring (bicyclic) bond motifs is 8. The lowest BCUT2D eigenvalue weighted by molar-refractivity contribution is 0.838. The number of hydrogen-bond donors (Lipinski definition) is 1. The summed E-state index contributed by atoms with van der Waals surface area (Å²) in [5, 5.41) is 11.5. The molecule has 0 fully saturated rings. The Morgan fingerprint density at radius 1 is 0.628 bits per heavy atom. The molecule has 0 amide bonds. The highest BCUT2D eigenvalue weighted by Crippen LogP contribution is 2.52. The molecule has 0 saturated heterocycles. The van der Waals surface area contributed by atoms with Crippen LogP contribution in [-0.4, -0.2) is 4.98 Å². The molecular weight excluding hydrogens is 543 g/mol. The molecule has 0 spiro atoms. The minimum absolute atomic E-state index is 0.0871. The summed E-state index contributed by atoms with van der Waals surface area (Å²) in [6.07, 6.45) is -0.0871. The van der Waals surface area contributed by atoms with E-state index in [1.165, 1.54) is 65.1 Å². The van der Waals surface area contributed by atoms with Gasteiger partial charge in [-0.3, -0.25) is 0 Å². The molecule has 43 heavy (non-hydrogen) atoms. The van der Waals surface area contributed by atoms with Crippen LogP contribution in [0.1, 0.15) is 17.4 Å². The van der Waals surface area contributed by atoms with E-state index in [2.05, 4.69) is 151 Å². The molecule has 2 aromatic heterocycles. The average molecular weight is 570 g/mol. The number of benzene rings is 6. The number of aromatic nitrogens is 1. The van der Waals surface area contributed by atoms with Crippen LogP contribution in [0.4, 0.5) is 17.1 Å². The molecule has 1 atom stereocenters. The molecule has 6 aromatic carbocycles. The smallest absolute Gasteiger partial charge is 0.132 e. The number of hydrogen-bond acceptors (Lipinski definition) is 4. The Hall–Kier alpha value is -5.19. The van der Waals surface area contributed by atoms with Crippen molar-refractivity contribution in [2.45, 2.75) is 13.1 Å². The Labute approximate surface area is 253 Å². The van der Waals surface area contributed by atoms with E-state index in [-0.39, 0.29) is 6.17 Å². The third kappa shape index (κ3) is 3.77. The minimum Gasteiger partial charge on any atom is -0.359 e. The van der Waals surface area contributed by atoms with Gasteiger partial charge in [0.2, 0.25) is 0 Å². The number of nitrogens with zero attached hydrogens (tertiary/aromatic N) is 2. The van der Waals surface area contributed by atoms with E-state index >= 15 is 0 Å². The second kappa shape index (κ2) is 9.41. The lowest BCUT2D eigenvalue weighted by Gasteiger charge is -2.28. The number of anilines is 3. The first-order chi connectivity index (χ1) is 21.2. The van der Waals surface area contributed by atoms with Gasteiger partial charge in [0.05, 0.1) is 11.4 Å². The normalized spacial score (nSPS) is 14.5. The fourth-order valence-electron chi connectivity index (χ4n) is 6.75. The van der Waals surface area contributed by atoms with Gasteiger partial charge in [-0.2, -0.15) is 0 Å². The maximum absolute atomic E-state index is 4.90. The first kappa shape index (κ1) is 24.4. The lowest BCUT2D eigenvalue weighted by Crippen LogP contribution is -2.23. The Kier molecular flexibility index (Phi) is 5.34. The van der Waals surface area contributed by atoms with Crippen molar-refractivity contribution in [1.29, 1.82) is 0 Å². The van der Waals surface area contributed by atoms with Crippen molar-refractivity contribution in [3.8, 4) is 11.1 Å². The fourth-order valence-corrected chi connectivity index (χ4v) is 8.01. The summed E-state index contributed by atoms with van der Waals surface area (Å²) in [4.78, 5) is 8.47. The molecule has 1 N–H and O–H groups in total. The zero-order chi connectivity index (χ0) is 28.5. The topological polar surface area (TPSA) is 28.2 Å². The Balaban J connectivity index is 1.29. The third-order valence-electron chi connectivity index (χ3n) is 8.76. The quantitative estimate of drug-likeness (QED) is 0.215. The summed E-state index contributed by atoms with van der Waals surface area (Å²) in [6, 6.07) is 48.4. The van der Waals surface area contributed by atoms with E-state index in [1.807, 2.05) is 0 Å². The van der Waals surface area contributed by atoms with Gasteiger partial charge in [0, 0.05) is 37.8 Å². The van der Waals surface area contributed by atoms with Crippen LogP contribution in [0.15, 0.2) is 133 Å². The van der Waals surface area contributed by atoms with Gasteiger partial charge in [0.1, 0.15) is 11.0 Å². The van der Waals surface area contributed by atoms with E-state index in [1.54, 1.807) is 11.3 Å². The Morgan fingerprint density at radius 3 is 2.33 bits per heavy atom. The second-order valence-corrected chi connectivity index (χ2v) is 12.3. The Bertz CT molecular complexity index is 2360. The predicted molar refractivity (Wildman–Crippen MR) is 184 cm³/mol. The van der Waals surface area contributed by atoms with Crippen LogP contribution in [0.2, 0.25) is 0 Å². The van der Waals surface area contributed by atoms with E-state index in [4.69, 9.17) is 4.98 Å². The van der Waals surface area contributed by atoms with E-state index < -0.39 is 0 Å². The van der Waals surface area contributed by atoms with Crippen LogP contribution in [-0.2, 0) is 0 Å². The van der Waals surface area contributed by atoms with Crippen LogP contribution < -0.4 is 10.2 Å². The van der Waals surface area contributed by atoms with Crippen LogP contribution in [0.3, 0.4) is 0 Å². The monoisotopic (exact) mass is 569 g/mol. The summed E-state index contributed by atoms with van der Waals surface area (Å²) in [6.45, 7) is 2.07. The lowest BCUT2D eigenvalue weighted by atomic mass is 10.00. The molecule has 8 aromatic rings. The second-order valence-electron chi connectivity index (χ2n) is 11.3. The number of nitrogens with one attached hydrogen (secondary N) is 1. The highest BCUT2D eigenvalue weighted by Gasteiger charge is 2.34. The molecule has 1 aliphatic heterocycles. The highest BCUT2D eigenvalue weighted by molar-refractivity contribution is 7.25. The highest BCUT2D eigenvalue weighted by atomic mass is 32.1. The van der Waals surface area contributed by atoms with Gasteiger partial charge in [0.25, 0.3) is 0 Å². The van der Waals surface area contributed by atoms with Gasteiger partial charge in [-0.05, 0) is 64.5 Å². The van der Waals surface area contributed by atoms with Crippen LogP contribution >= 0.6 is 11.3 Å². The van der Waals surface area contributed by atoms with Crippen LogP contribution in [0, 0.1) is 6.92 Å². The van der Waals surface area contributed by atoms with Gasteiger partial charge >= 0.3 is 0 Å². The van der Waals surface area contributed by atoms with Crippen molar-refractivity contribution >= 4 is 70.2 Å². The molecule has 9 rings (SSSR count). The largest absolute Gasteiger partial charge is 0.359 e. The molecule has 1 unspecified atom stereocenters. The molecule has 0 aliphatic carbocycles. The zero-order valence-electron chi connectivity index (χ0n) is 23.6. The molecule has 1 aliphatic rings. The summed E-state index contributed by atoms with van der Waals surface area (Å²) in [7, 11) is 0. The van der Waals surface area contributed by atoms with Gasteiger partial charge in [-0.1, -0.05) is 103 Å². The number of aryl methyl sites for hydroxylation is 1. The summed E-state index contributed by atoms with van der Waals surface area (Å²) < 4.78 is 1.28. The van der Waals surface area contributed by atoms with Gasteiger partial charge in [0.15, 0.2) is 0 Å². The van der Waals surface area contributed by atoms with Crippen LogP contribution in [0.25, 0.3) is 53.0 Å². The van der Waals surface area contributed by atoms with Crippen molar-refractivity contribution in [3.63, 3.8) is 0 Å². The molecule has 3 nitrogen and oxygen atoms in total. The first-order valence-electron chi connectivity index (χ1n) is 14.7. The maximum Gasteiger partial charge on any atom is 0.132 e.